The summed E-state index contributed by atoms with van der Waals surface area (Å²) >= 11 is 0. The first-order valence-corrected chi connectivity index (χ1v) is 8.36. The van der Waals surface area contributed by atoms with Crippen molar-refractivity contribution in [2.75, 3.05) is 19.6 Å². The summed E-state index contributed by atoms with van der Waals surface area (Å²) in [5.41, 5.74) is 4.61. The molecule has 0 aromatic heterocycles. The third-order valence-electron chi connectivity index (χ3n) is 4.40. The zero-order valence-electron chi connectivity index (χ0n) is 13.4. The number of rotatable bonds is 7. The van der Waals surface area contributed by atoms with E-state index in [-0.39, 0.29) is 0 Å². The number of benzene rings is 1. The molecule has 0 bridgehead atoms. The maximum Gasteiger partial charge on any atom is 0.0350 e. The van der Waals surface area contributed by atoms with Crippen molar-refractivity contribution in [3.8, 4) is 0 Å². The SMILES string of the molecule is CCCNCc1ccc2c(c1)CCN(CC)C2CCC. The molecule has 0 saturated heterocycles. The highest BCUT2D eigenvalue weighted by molar-refractivity contribution is 5.36. The maximum atomic E-state index is 3.50. The van der Waals surface area contributed by atoms with Crippen LogP contribution in [0.5, 0.6) is 0 Å². The average Bonchev–Trinajstić information content (AvgIpc) is 2.48. The van der Waals surface area contributed by atoms with Gasteiger partial charge in [-0.25, -0.2) is 0 Å². The van der Waals surface area contributed by atoms with Crippen LogP contribution in [-0.4, -0.2) is 24.5 Å². The second-order valence-corrected chi connectivity index (χ2v) is 5.89. The van der Waals surface area contributed by atoms with E-state index in [1.807, 2.05) is 0 Å². The van der Waals surface area contributed by atoms with Gasteiger partial charge in [-0.05, 0) is 49.0 Å². The minimum atomic E-state index is 0.645. The molecule has 1 heterocycles. The van der Waals surface area contributed by atoms with Crippen molar-refractivity contribution in [3.63, 3.8) is 0 Å². The van der Waals surface area contributed by atoms with E-state index in [2.05, 4.69) is 49.2 Å². The molecule has 1 aromatic rings. The molecule has 0 saturated carbocycles. The normalized spacial score (nSPS) is 19.1. The molecule has 20 heavy (non-hydrogen) atoms. The second kappa shape index (κ2) is 7.80. The largest absolute Gasteiger partial charge is 0.313 e. The van der Waals surface area contributed by atoms with Gasteiger partial charge in [0.15, 0.2) is 0 Å². The van der Waals surface area contributed by atoms with Crippen molar-refractivity contribution in [2.45, 2.75) is 59.0 Å². The molecule has 2 nitrogen and oxygen atoms in total. The second-order valence-electron chi connectivity index (χ2n) is 5.89. The molecule has 1 atom stereocenters. The van der Waals surface area contributed by atoms with E-state index in [0.29, 0.717) is 6.04 Å². The standard InChI is InChI=1S/C18H30N2/c1-4-7-18-17-9-8-15(14-19-11-5-2)13-16(17)10-12-20(18)6-3/h8-9,13,18-19H,4-7,10-12,14H2,1-3H3. The van der Waals surface area contributed by atoms with Gasteiger partial charge in [0.05, 0.1) is 0 Å². The number of hydrogen-bond donors (Lipinski definition) is 1. The summed E-state index contributed by atoms with van der Waals surface area (Å²) in [6.45, 7) is 11.3. The summed E-state index contributed by atoms with van der Waals surface area (Å²) in [4.78, 5) is 2.64. The number of hydrogen-bond acceptors (Lipinski definition) is 2. The molecule has 112 valence electrons. The molecule has 0 radical (unpaired) electrons. The number of likely N-dealkylation sites (N-methyl/N-ethyl adjacent to an activating group) is 1. The highest BCUT2D eigenvalue weighted by atomic mass is 15.2. The molecular weight excluding hydrogens is 244 g/mol. The monoisotopic (exact) mass is 274 g/mol. The van der Waals surface area contributed by atoms with E-state index >= 15 is 0 Å². The van der Waals surface area contributed by atoms with Crippen LogP contribution >= 0.6 is 0 Å². The molecular formula is C18H30N2. The fourth-order valence-electron chi connectivity index (χ4n) is 3.33. The van der Waals surface area contributed by atoms with Gasteiger partial charge in [0.1, 0.15) is 0 Å². The van der Waals surface area contributed by atoms with Crippen molar-refractivity contribution < 1.29 is 0 Å². The van der Waals surface area contributed by atoms with Crippen LogP contribution in [0.1, 0.15) is 62.8 Å². The summed E-state index contributed by atoms with van der Waals surface area (Å²) in [5, 5.41) is 3.50. The Labute approximate surface area is 124 Å². The Balaban J connectivity index is 2.13. The van der Waals surface area contributed by atoms with Gasteiger partial charge in [0, 0.05) is 19.1 Å². The lowest BCUT2D eigenvalue weighted by Crippen LogP contribution is -2.35. The van der Waals surface area contributed by atoms with Gasteiger partial charge in [-0.1, -0.05) is 45.4 Å². The zero-order chi connectivity index (χ0) is 14.4. The van der Waals surface area contributed by atoms with Gasteiger partial charge in [0.25, 0.3) is 0 Å². The number of nitrogens with zero attached hydrogens (tertiary/aromatic N) is 1. The van der Waals surface area contributed by atoms with Crippen LogP contribution in [0.4, 0.5) is 0 Å². The Morgan fingerprint density at radius 1 is 1.20 bits per heavy atom. The summed E-state index contributed by atoms with van der Waals surface area (Å²) in [6.07, 6.45) is 4.97. The van der Waals surface area contributed by atoms with Gasteiger partial charge in [-0.3, -0.25) is 4.90 Å². The van der Waals surface area contributed by atoms with Crippen LogP contribution in [-0.2, 0) is 13.0 Å². The molecule has 0 fully saturated rings. The molecule has 1 aromatic carbocycles. The highest BCUT2D eigenvalue weighted by Gasteiger charge is 2.25. The first-order chi connectivity index (χ1) is 9.80. The van der Waals surface area contributed by atoms with Crippen LogP contribution in [0.3, 0.4) is 0 Å². The third kappa shape index (κ3) is 3.62. The van der Waals surface area contributed by atoms with Crippen LogP contribution in [0.25, 0.3) is 0 Å². The third-order valence-corrected chi connectivity index (χ3v) is 4.40. The first-order valence-electron chi connectivity index (χ1n) is 8.36. The van der Waals surface area contributed by atoms with Gasteiger partial charge in [-0.2, -0.15) is 0 Å². The van der Waals surface area contributed by atoms with E-state index in [0.717, 1.165) is 13.1 Å². The zero-order valence-corrected chi connectivity index (χ0v) is 13.4. The van der Waals surface area contributed by atoms with E-state index in [1.54, 1.807) is 11.1 Å². The topological polar surface area (TPSA) is 15.3 Å². The highest BCUT2D eigenvalue weighted by Crippen LogP contribution is 2.33. The van der Waals surface area contributed by atoms with E-state index in [1.165, 1.54) is 44.3 Å². The van der Waals surface area contributed by atoms with Crippen molar-refractivity contribution in [1.29, 1.82) is 0 Å². The fraction of sp³-hybridized carbons (Fsp3) is 0.667. The fourth-order valence-corrected chi connectivity index (χ4v) is 3.33. The quantitative estimate of drug-likeness (QED) is 0.759. The molecule has 1 aliphatic heterocycles. The molecule has 2 rings (SSSR count). The molecule has 2 heteroatoms. The molecule has 1 aliphatic rings. The predicted octanol–water partition coefficient (Wildman–Crippen LogP) is 3.91. The van der Waals surface area contributed by atoms with Crippen molar-refractivity contribution >= 4 is 0 Å². The van der Waals surface area contributed by atoms with Crippen molar-refractivity contribution in [1.82, 2.24) is 10.2 Å². The molecule has 0 spiro atoms. The lowest BCUT2D eigenvalue weighted by atomic mass is 9.89. The lowest BCUT2D eigenvalue weighted by molar-refractivity contribution is 0.184. The average molecular weight is 274 g/mol. The van der Waals surface area contributed by atoms with E-state index in [9.17, 15) is 0 Å². The van der Waals surface area contributed by atoms with Crippen LogP contribution in [0, 0.1) is 0 Å². The minimum absolute atomic E-state index is 0.645. The minimum Gasteiger partial charge on any atom is -0.313 e. The van der Waals surface area contributed by atoms with Crippen molar-refractivity contribution in [2.24, 2.45) is 0 Å². The Bertz CT molecular complexity index is 414. The first kappa shape index (κ1) is 15.5. The Hall–Kier alpha value is -0.860. The van der Waals surface area contributed by atoms with Crippen LogP contribution < -0.4 is 5.32 Å². The number of nitrogens with one attached hydrogen (secondary N) is 1. The molecule has 1 unspecified atom stereocenters. The van der Waals surface area contributed by atoms with Gasteiger partial charge in [0.2, 0.25) is 0 Å². The summed E-state index contributed by atoms with van der Waals surface area (Å²) in [5.74, 6) is 0. The van der Waals surface area contributed by atoms with Gasteiger partial charge in [-0.15, -0.1) is 0 Å². The molecule has 1 N–H and O–H groups in total. The summed E-state index contributed by atoms with van der Waals surface area (Å²) in [7, 11) is 0. The Kier molecular flexibility index (Phi) is 6.06. The van der Waals surface area contributed by atoms with E-state index in [4.69, 9.17) is 0 Å². The Morgan fingerprint density at radius 3 is 2.75 bits per heavy atom. The van der Waals surface area contributed by atoms with Crippen molar-refractivity contribution in [3.05, 3.63) is 34.9 Å². The van der Waals surface area contributed by atoms with Crippen LogP contribution in [0.15, 0.2) is 18.2 Å². The van der Waals surface area contributed by atoms with E-state index < -0.39 is 0 Å². The summed E-state index contributed by atoms with van der Waals surface area (Å²) in [6, 6.07) is 7.80. The predicted molar refractivity (Wildman–Crippen MR) is 87.0 cm³/mol. The van der Waals surface area contributed by atoms with Gasteiger partial charge < -0.3 is 5.32 Å². The Morgan fingerprint density at radius 2 is 2.05 bits per heavy atom. The van der Waals surface area contributed by atoms with Crippen LogP contribution in [0.2, 0.25) is 0 Å². The smallest absolute Gasteiger partial charge is 0.0350 e. The lowest BCUT2D eigenvalue weighted by Gasteiger charge is -2.37. The molecule has 0 aliphatic carbocycles. The maximum absolute atomic E-state index is 3.50. The van der Waals surface area contributed by atoms with Gasteiger partial charge >= 0.3 is 0 Å². The summed E-state index contributed by atoms with van der Waals surface area (Å²) < 4.78 is 0. The molecule has 0 amide bonds. The number of fused-ring (bicyclic) bond motifs is 1.